The SMILES string of the molecule is CC(=O)NCc1ccc(CNC(=O)c2ccc(C(=O)N/N=C(\C)c3csc(-c4ccc(C)cc4)c3O)s2)cc1. The van der Waals surface area contributed by atoms with Crippen LogP contribution in [-0.4, -0.2) is 28.5 Å². The second kappa shape index (κ2) is 12.5. The second-order valence-electron chi connectivity index (χ2n) is 8.90. The van der Waals surface area contributed by atoms with Gasteiger partial charge in [0.05, 0.1) is 25.9 Å². The number of rotatable bonds is 9. The second-order valence-corrected chi connectivity index (χ2v) is 10.9. The molecule has 200 valence electrons. The molecule has 0 bridgehead atoms. The summed E-state index contributed by atoms with van der Waals surface area (Å²) in [4.78, 5) is 37.7. The molecule has 2 heterocycles. The molecule has 0 aliphatic carbocycles. The van der Waals surface area contributed by atoms with Crippen LogP contribution in [0.1, 0.15) is 55.4 Å². The number of hydrazone groups is 1. The van der Waals surface area contributed by atoms with Gasteiger partial charge in [-0.05, 0) is 42.7 Å². The average Bonchev–Trinajstić information content (AvgIpc) is 3.58. The number of carbonyl (C=O) groups is 3. The van der Waals surface area contributed by atoms with E-state index >= 15 is 0 Å². The molecule has 10 heteroatoms. The Morgan fingerprint density at radius 2 is 1.41 bits per heavy atom. The van der Waals surface area contributed by atoms with Crippen LogP contribution in [0, 0.1) is 6.92 Å². The number of nitrogens with one attached hydrogen (secondary N) is 3. The first-order chi connectivity index (χ1) is 18.7. The normalized spacial score (nSPS) is 11.2. The summed E-state index contributed by atoms with van der Waals surface area (Å²) >= 11 is 2.47. The fraction of sp³-hybridized carbons (Fsp3) is 0.172. The predicted molar refractivity (Wildman–Crippen MR) is 155 cm³/mol. The maximum absolute atomic E-state index is 12.6. The fourth-order valence-corrected chi connectivity index (χ4v) is 5.44. The van der Waals surface area contributed by atoms with Crippen molar-refractivity contribution in [2.75, 3.05) is 0 Å². The van der Waals surface area contributed by atoms with Crippen LogP contribution in [0.3, 0.4) is 0 Å². The van der Waals surface area contributed by atoms with E-state index in [2.05, 4.69) is 21.2 Å². The summed E-state index contributed by atoms with van der Waals surface area (Å²) in [5.74, 6) is -0.696. The van der Waals surface area contributed by atoms with Crippen molar-refractivity contribution in [2.45, 2.75) is 33.9 Å². The molecule has 8 nitrogen and oxygen atoms in total. The Kier molecular flexibility index (Phi) is 8.90. The molecule has 0 saturated carbocycles. The van der Waals surface area contributed by atoms with Crippen LogP contribution in [0.25, 0.3) is 10.4 Å². The molecule has 0 atom stereocenters. The Balaban J connectivity index is 1.32. The summed E-state index contributed by atoms with van der Waals surface area (Å²) in [5, 5.41) is 22.3. The van der Waals surface area contributed by atoms with Gasteiger partial charge in [0.1, 0.15) is 5.75 Å². The van der Waals surface area contributed by atoms with E-state index in [0.717, 1.165) is 38.5 Å². The standard InChI is InChI=1S/C29H28N4O4S2/c1-17-4-10-22(11-5-17)27-26(35)23(16-38-27)18(2)32-33-29(37)25-13-12-24(39-25)28(36)31-15-21-8-6-20(7-9-21)14-30-19(3)34/h4-13,16,35H,14-15H2,1-3H3,(H,30,34)(H,31,36)(H,33,37)/b32-18+. The van der Waals surface area contributed by atoms with E-state index in [0.29, 0.717) is 34.1 Å². The highest BCUT2D eigenvalue weighted by molar-refractivity contribution is 7.16. The lowest BCUT2D eigenvalue weighted by Crippen LogP contribution is -2.22. The zero-order valence-corrected chi connectivity index (χ0v) is 23.3. The third-order valence-electron chi connectivity index (χ3n) is 5.86. The molecule has 4 rings (SSSR count). The number of hydrogen-bond donors (Lipinski definition) is 4. The Morgan fingerprint density at radius 3 is 2.03 bits per heavy atom. The summed E-state index contributed by atoms with van der Waals surface area (Å²) in [6, 6.07) is 18.6. The van der Waals surface area contributed by atoms with E-state index in [1.807, 2.05) is 55.5 Å². The molecule has 2 aromatic carbocycles. The van der Waals surface area contributed by atoms with Gasteiger partial charge in [0.15, 0.2) is 0 Å². The van der Waals surface area contributed by atoms with Crippen molar-refractivity contribution in [1.82, 2.24) is 16.1 Å². The molecule has 0 spiro atoms. The smallest absolute Gasteiger partial charge is 0.281 e. The first-order valence-corrected chi connectivity index (χ1v) is 13.8. The molecule has 0 unspecified atom stereocenters. The predicted octanol–water partition coefficient (Wildman–Crippen LogP) is 5.21. The summed E-state index contributed by atoms with van der Waals surface area (Å²) < 4.78 is 0. The number of nitrogens with zero attached hydrogens (tertiary/aromatic N) is 1. The van der Waals surface area contributed by atoms with Crippen molar-refractivity contribution in [2.24, 2.45) is 5.10 Å². The highest BCUT2D eigenvalue weighted by Crippen LogP contribution is 2.38. The van der Waals surface area contributed by atoms with Gasteiger partial charge >= 0.3 is 0 Å². The molecule has 4 aromatic rings. The van der Waals surface area contributed by atoms with Gasteiger partial charge in [-0.2, -0.15) is 5.10 Å². The van der Waals surface area contributed by atoms with Crippen molar-refractivity contribution < 1.29 is 19.5 Å². The van der Waals surface area contributed by atoms with E-state index < -0.39 is 5.91 Å². The Bertz CT molecular complexity index is 1520. The van der Waals surface area contributed by atoms with Gasteiger partial charge in [-0.1, -0.05) is 54.1 Å². The Hall–Kier alpha value is -4.28. The molecular weight excluding hydrogens is 532 g/mol. The van der Waals surface area contributed by atoms with Crippen molar-refractivity contribution >= 4 is 46.1 Å². The van der Waals surface area contributed by atoms with Gasteiger partial charge in [0, 0.05) is 25.4 Å². The van der Waals surface area contributed by atoms with Crippen molar-refractivity contribution in [3.8, 4) is 16.2 Å². The third-order valence-corrected chi connectivity index (χ3v) is 7.97. The molecule has 3 amide bonds. The fourth-order valence-electron chi connectivity index (χ4n) is 3.62. The molecule has 0 fully saturated rings. The van der Waals surface area contributed by atoms with E-state index in [-0.39, 0.29) is 17.6 Å². The van der Waals surface area contributed by atoms with Crippen LogP contribution in [0.5, 0.6) is 5.75 Å². The number of thiophene rings is 2. The number of hydrogen-bond acceptors (Lipinski definition) is 7. The molecule has 39 heavy (non-hydrogen) atoms. The number of carbonyl (C=O) groups excluding carboxylic acids is 3. The van der Waals surface area contributed by atoms with E-state index in [1.54, 1.807) is 24.4 Å². The minimum atomic E-state index is -0.443. The molecule has 0 saturated heterocycles. The van der Waals surface area contributed by atoms with E-state index in [9.17, 15) is 19.5 Å². The summed E-state index contributed by atoms with van der Waals surface area (Å²) in [5.41, 5.74) is 7.45. The number of benzene rings is 2. The third kappa shape index (κ3) is 7.18. The van der Waals surface area contributed by atoms with Gasteiger partial charge in [0.25, 0.3) is 11.8 Å². The van der Waals surface area contributed by atoms with Gasteiger partial charge in [0.2, 0.25) is 5.91 Å². The summed E-state index contributed by atoms with van der Waals surface area (Å²) in [6.07, 6.45) is 0. The zero-order valence-electron chi connectivity index (χ0n) is 21.7. The maximum Gasteiger partial charge on any atom is 0.281 e. The molecule has 0 aliphatic rings. The lowest BCUT2D eigenvalue weighted by atomic mass is 10.1. The number of amides is 3. The Labute approximate surface area is 234 Å². The van der Waals surface area contributed by atoms with Crippen molar-refractivity contribution in [3.63, 3.8) is 0 Å². The molecular formula is C29H28N4O4S2. The first-order valence-electron chi connectivity index (χ1n) is 12.1. The Morgan fingerprint density at radius 1 is 0.821 bits per heavy atom. The summed E-state index contributed by atoms with van der Waals surface area (Å²) in [6.45, 7) is 5.97. The highest BCUT2D eigenvalue weighted by atomic mass is 32.1. The minimum absolute atomic E-state index is 0.0912. The average molecular weight is 561 g/mol. The van der Waals surface area contributed by atoms with E-state index in [4.69, 9.17) is 0 Å². The lowest BCUT2D eigenvalue weighted by molar-refractivity contribution is -0.119. The molecule has 4 N–H and O–H groups in total. The first kappa shape index (κ1) is 27.7. The minimum Gasteiger partial charge on any atom is -0.506 e. The van der Waals surface area contributed by atoms with Crippen molar-refractivity contribution in [1.29, 1.82) is 0 Å². The summed E-state index contributed by atoms with van der Waals surface area (Å²) in [7, 11) is 0. The van der Waals surface area contributed by atoms with Crippen LogP contribution < -0.4 is 16.1 Å². The van der Waals surface area contributed by atoms with E-state index in [1.165, 1.54) is 18.3 Å². The lowest BCUT2D eigenvalue weighted by Gasteiger charge is -2.06. The van der Waals surface area contributed by atoms with Crippen LogP contribution in [0.4, 0.5) is 0 Å². The quantitative estimate of drug-likeness (QED) is 0.166. The van der Waals surface area contributed by atoms with Gasteiger partial charge < -0.3 is 15.7 Å². The molecule has 2 aromatic heterocycles. The van der Waals surface area contributed by atoms with Crippen LogP contribution in [-0.2, 0) is 17.9 Å². The molecule has 0 radical (unpaired) electrons. The van der Waals surface area contributed by atoms with Crippen LogP contribution in [0.15, 0.2) is 71.1 Å². The number of aryl methyl sites for hydroxylation is 1. The highest BCUT2D eigenvalue weighted by Gasteiger charge is 2.16. The molecule has 0 aliphatic heterocycles. The van der Waals surface area contributed by atoms with Gasteiger partial charge in [-0.25, -0.2) is 5.43 Å². The van der Waals surface area contributed by atoms with Gasteiger partial charge in [-0.3, -0.25) is 14.4 Å². The van der Waals surface area contributed by atoms with Crippen LogP contribution >= 0.6 is 22.7 Å². The van der Waals surface area contributed by atoms with Gasteiger partial charge in [-0.15, -0.1) is 22.7 Å². The monoisotopic (exact) mass is 560 g/mol. The van der Waals surface area contributed by atoms with Crippen molar-refractivity contribution in [3.05, 3.63) is 98.1 Å². The zero-order chi connectivity index (χ0) is 27.9. The largest absolute Gasteiger partial charge is 0.506 e. The van der Waals surface area contributed by atoms with Crippen LogP contribution in [0.2, 0.25) is 0 Å². The number of aromatic hydroxyl groups is 1. The maximum atomic E-state index is 12.6. The topological polar surface area (TPSA) is 120 Å².